The predicted molar refractivity (Wildman–Crippen MR) is 83.2 cm³/mol. The number of nitrogens with zero attached hydrogens (tertiary/aromatic N) is 1. The van der Waals surface area contributed by atoms with Crippen LogP contribution in [0.4, 0.5) is 0 Å². The van der Waals surface area contributed by atoms with Gasteiger partial charge in [-0.1, -0.05) is 33.6 Å². The van der Waals surface area contributed by atoms with Crippen LogP contribution in [0.25, 0.3) is 0 Å². The molecule has 2 unspecified atom stereocenters. The third-order valence-electron chi connectivity index (χ3n) is 6.23. The molecule has 2 saturated carbocycles. The molecule has 2 N–H and O–H groups in total. The van der Waals surface area contributed by atoms with E-state index >= 15 is 0 Å². The monoisotopic (exact) mass is 266 g/mol. The van der Waals surface area contributed by atoms with Gasteiger partial charge in [0.05, 0.1) is 0 Å². The van der Waals surface area contributed by atoms with Crippen LogP contribution in [0, 0.1) is 11.3 Å². The summed E-state index contributed by atoms with van der Waals surface area (Å²) in [6.07, 6.45) is 10.8. The smallest absolute Gasteiger partial charge is 0.0332 e. The third kappa shape index (κ3) is 3.16. The van der Waals surface area contributed by atoms with Crippen molar-refractivity contribution >= 4 is 0 Å². The van der Waals surface area contributed by atoms with E-state index in [1.165, 1.54) is 51.4 Å². The predicted octanol–water partition coefficient (Wildman–Crippen LogP) is 3.79. The van der Waals surface area contributed by atoms with Crippen LogP contribution in [-0.4, -0.2) is 30.1 Å². The summed E-state index contributed by atoms with van der Waals surface area (Å²) in [6.45, 7) is 8.10. The second-order valence-corrected chi connectivity index (χ2v) is 8.03. The van der Waals surface area contributed by atoms with Crippen molar-refractivity contribution in [3.05, 3.63) is 0 Å². The van der Waals surface area contributed by atoms with Gasteiger partial charge in [-0.05, 0) is 56.9 Å². The lowest BCUT2D eigenvalue weighted by molar-refractivity contribution is -0.0140. The minimum atomic E-state index is 0.284. The maximum absolute atomic E-state index is 6.24. The van der Waals surface area contributed by atoms with Crippen molar-refractivity contribution in [1.29, 1.82) is 0 Å². The zero-order chi connectivity index (χ0) is 14.1. The highest BCUT2D eigenvalue weighted by Gasteiger charge is 2.43. The molecular formula is C17H34N2. The van der Waals surface area contributed by atoms with E-state index in [-0.39, 0.29) is 5.54 Å². The average molecular weight is 266 g/mol. The van der Waals surface area contributed by atoms with Gasteiger partial charge in [-0.3, -0.25) is 4.90 Å². The van der Waals surface area contributed by atoms with Crippen LogP contribution in [0.5, 0.6) is 0 Å². The van der Waals surface area contributed by atoms with Crippen LogP contribution in [0.15, 0.2) is 0 Å². The second-order valence-electron chi connectivity index (χ2n) is 8.03. The highest BCUT2D eigenvalue weighted by molar-refractivity contribution is 5.00. The summed E-state index contributed by atoms with van der Waals surface area (Å²) in [5.41, 5.74) is 7.05. The van der Waals surface area contributed by atoms with Crippen molar-refractivity contribution in [2.45, 2.75) is 83.7 Å². The van der Waals surface area contributed by atoms with Crippen molar-refractivity contribution in [3.8, 4) is 0 Å². The molecule has 0 bridgehead atoms. The van der Waals surface area contributed by atoms with E-state index in [4.69, 9.17) is 5.73 Å². The zero-order valence-electron chi connectivity index (χ0n) is 13.5. The second kappa shape index (κ2) is 5.73. The Morgan fingerprint density at radius 1 is 1.05 bits per heavy atom. The Bertz CT molecular complexity index is 288. The van der Waals surface area contributed by atoms with E-state index in [0.717, 1.165) is 18.5 Å². The Labute approximate surface area is 120 Å². The SMILES string of the molecule is CC1CCCCC1N(C)C1(CN)CCC(C)(C)CC1. The molecule has 0 spiro atoms. The van der Waals surface area contributed by atoms with Gasteiger partial charge in [0.1, 0.15) is 0 Å². The number of likely N-dealkylation sites (N-methyl/N-ethyl adjacent to an activating group) is 1. The van der Waals surface area contributed by atoms with Crippen molar-refractivity contribution in [3.63, 3.8) is 0 Å². The summed E-state index contributed by atoms with van der Waals surface area (Å²) < 4.78 is 0. The molecule has 0 saturated heterocycles. The summed E-state index contributed by atoms with van der Waals surface area (Å²) in [5.74, 6) is 0.845. The van der Waals surface area contributed by atoms with E-state index in [2.05, 4.69) is 32.7 Å². The summed E-state index contributed by atoms with van der Waals surface area (Å²) in [6, 6.07) is 0.763. The fourth-order valence-corrected chi connectivity index (χ4v) is 4.32. The van der Waals surface area contributed by atoms with Crippen molar-refractivity contribution in [2.24, 2.45) is 17.1 Å². The largest absolute Gasteiger partial charge is 0.329 e. The third-order valence-corrected chi connectivity index (χ3v) is 6.23. The summed E-state index contributed by atoms with van der Waals surface area (Å²) in [7, 11) is 2.36. The Kier molecular flexibility index (Phi) is 4.62. The molecule has 2 heteroatoms. The zero-order valence-corrected chi connectivity index (χ0v) is 13.5. The van der Waals surface area contributed by atoms with Crippen molar-refractivity contribution in [2.75, 3.05) is 13.6 Å². The first kappa shape index (κ1) is 15.3. The summed E-state index contributed by atoms with van der Waals surface area (Å²) >= 11 is 0. The van der Waals surface area contributed by atoms with Gasteiger partial charge >= 0.3 is 0 Å². The van der Waals surface area contributed by atoms with Gasteiger partial charge in [0.25, 0.3) is 0 Å². The van der Waals surface area contributed by atoms with Crippen LogP contribution in [0.3, 0.4) is 0 Å². The van der Waals surface area contributed by atoms with E-state index in [1.54, 1.807) is 0 Å². The fourth-order valence-electron chi connectivity index (χ4n) is 4.32. The Morgan fingerprint density at radius 2 is 1.63 bits per heavy atom. The molecule has 0 aromatic rings. The molecule has 0 radical (unpaired) electrons. The van der Waals surface area contributed by atoms with Crippen LogP contribution >= 0.6 is 0 Å². The highest BCUT2D eigenvalue weighted by atomic mass is 15.2. The van der Waals surface area contributed by atoms with Crippen LogP contribution < -0.4 is 5.73 Å². The lowest BCUT2D eigenvalue weighted by atomic mass is 9.68. The molecule has 0 aromatic carbocycles. The standard InChI is InChI=1S/C17H34N2/c1-14-7-5-6-8-15(14)19(4)17(13-18)11-9-16(2,3)10-12-17/h14-15H,5-13,18H2,1-4H3. The molecule has 112 valence electrons. The summed E-state index contributed by atoms with van der Waals surface area (Å²) in [4.78, 5) is 2.70. The van der Waals surface area contributed by atoms with Gasteiger partial charge in [-0.25, -0.2) is 0 Å². The Balaban J connectivity index is 2.08. The molecule has 2 aliphatic rings. The molecule has 19 heavy (non-hydrogen) atoms. The van der Waals surface area contributed by atoms with E-state index < -0.39 is 0 Å². The van der Waals surface area contributed by atoms with Crippen LogP contribution in [-0.2, 0) is 0 Å². The van der Waals surface area contributed by atoms with Gasteiger partial charge in [0, 0.05) is 18.1 Å². The average Bonchev–Trinajstić information content (AvgIpc) is 2.39. The lowest BCUT2D eigenvalue weighted by Gasteiger charge is -2.53. The molecule has 2 fully saturated rings. The highest BCUT2D eigenvalue weighted by Crippen LogP contribution is 2.44. The molecule has 2 aliphatic carbocycles. The topological polar surface area (TPSA) is 29.3 Å². The summed E-state index contributed by atoms with van der Waals surface area (Å²) in [5, 5.41) is 0. The maximum Gasteiger partial charge on any atom is 0.0332 e. The number of rotatable bonds is 3. The molecule has 2 atom stereocenters. The minimum Gasteiger partial charge on any atom is -0.329 e. The normalized spacial score (nSPS) is 34.4. The van der Waals surface area contributed by atoms with Gasteiger partial charge in [-0.15, -0.1) is 0 Å². The quantitative estimate of drug-likeness (QED) is 0.842. The van der Waals surface area contributed by atoms with E-state index in [1.807, 2.05) is 0 Å². The Hall–Kier alpha value is -0.0800. The number of hydrogen-bond acceptors (Lipinski definition) is 2. The van der Waals surface area contributed by atoms with E-state index in [0.29, 0.717) is 5.41 Å². The molecule has 0 amide bonds. The van der Waals surface area contributed by atoms with Gasteiger partial charge in [-0.2, -0.15) is 0 Å². The Morgan fingerprint density at radius 3 is 2.16 bits per heavy atom. The molecule has 0 aliphatic heterocycles. The lowest BCUT2D eigenvalue weighted by Crippen LogP contribution is -2.59. The first-order chi connectivity index (χ1) is 8.90. The van der Waals surface area contributed by atoms with Crippen LogP contribution in [0.1, 0.15) is 72.1 Å². The molecule has 2 nitrogen and oxygen atoms in total. The fraction of sp³-hybridized carbons (Fsp3) is 1.00. The molecule has 2 rings (SSSR count). The molecule has 0 aromatic heterocycles. The molecular weight excluding hydrogens is 232 g/mol. The first-order valence-corrected chi connectivity index (χ1v) is 8.33. The van der Waals surface area contributed by atoms with Crippen LogP contribution in [0.2, 0.25) is 0 Å². The first-order valence-electron chi connectivity index (χ1n) is 8.33. The number of hydrogen-bond donors (Lipinski definition) is 1. The molecule has 0 heterocycles. The van der Waals surface area contributed by atoms with Crippen molar-refractivity contribution < 1.29 is 0 Å². The van der Waals surface area contributed by atoms with Gasteiger partial charge in [0.15, 0.2) is 0 Å². The minimum absolute atomic E-state index is 0.284. The van der Waals surface area contributed by atoms with Gasteiger partial charge < -0.3 is 5.73 Å². The van der Waals surface area contributed by atoms with Gasteiger partial charge in [0.2, 0.25) is 0 Å². The van der Waals surface area contributed by atoms with E-state index in [9.17, 15) is 0 Å². The maximum atomic E-state index is 6.24. The number of nitrogens with two attached hydrogens (primary N) is 1. The van der Waals surface area contributed by atoms with Crippen molar-refractivity contribution in [1.82, 2.24) is 4.90 Å².